The Hall–Kier alpha value is -2.01. The molecule has 0 fully saturated rings. The topological polar surface area (TPSA) is 54.9 Å². The molecule has 1 aromatic heterocycles. The fraction of sp³-hybridized carbons (Fsp3) is 0.154. The van der Waals surface area contributed by atoms with Gasteiger partial charge in [0.15, 0.2) is 27.6 Å². The van der Waals surface area contributed by atoms with Crippen molar-refractivity contribution in [3.63, 3.8) is 0 Å². The molecule has 0 saturated heterocycles. The lowest BCUT2D eigenvalue weighted by Gasteiger charge is -2.07. The standard InChI is InChI=1S/C13H8F5N3OS2/c1-2-3-23-13-21-20-12(24-13)19-6(22)4-5-7(14)9(16)11(18)10(17)8(5)15/h2H,1,3-4H2,(H,19,20,22). The van der Waals surface area contributed by atoms with Gasteiger partial charge < -0.3 is 5.32 Å². The number of halogens is 5. The molecule has 2 aromatic rings. The average Bonchev–Trinajstić information content (AvgIpc) is 3.00. The molecular weight excluding hydrogens is 373 g/mol. The largest absolute Gasteiger partial charge is 0.300 e. The number of aromatic nitrogens is 2. The Labute approximate surface area is 140 Å². The first kappa shape index (κ1) is 18.3. The number of benzene rings is 1. The highest BCUT2D eigenvalue weighted by Crippen LogP contribution is 2.26. The highest BCUT2D eigenvalue weighted by molar-refractivity contribution is 8.01. The molecule has 0 aliphatic heterocycles. The fourth-order valence-electron chi connectivity index (χ4n) is 1.58. The number of nitrogens with zero attached hydrogens (tertiary/aromatic N) is 2. The van der Waals surface area contributed by atoms with Crippen molar-refractivity contribution in [3.05, 3.63) is 47.3 Å². The van der Waals surface area contributed by atoms with Crippen LogP contribution in [-0.4, -0.2) is 21.9 Å². The predicted molar refractivity (Wildman–Crippen MR) is 79.4 cm³/mol. The Balaban J connectivity index is 2.13. The number of rotatable bonds is 6. The second-order valence-electron chi connectivity index (χ2n) is 4.25. The molecule has 0 bridgehead atoms. The van der Waals surface area contributed by atoms with Crippen LogP contribution in [-0.2, 0) is 11.2 Å². The highest BCUT2D eigenvalue weighted by Gasteiger charge is 2.27. The molecule has 2 rings (SSSR count). The summed E-state index contributed by atoms with van der Waals surface area (Å²) in [5.41, 5.74) is -1.21. The van der Waals surface area contributed by atoms with Crippen molar-refractivity contribution in [2.45, 2.75) is 10.8 Å². The smallest absolute Gasteiger partial charge is 0.230 e. The minimum Gasteiger partial charge on any atom is -0.300 e. The SMILES string of the molecule is C=CCSc1nnc(NC(=O)Cc2c(F)c(F)c(F)c(F)c2F)s1. The van der Waals surface area contributed by atoms with Gasteiger partial charge in [-0.25, -0.2) is 22.0 Å². The zero-order chi connectivity index (χ0) is 17.9. The number of hydrogen-bond acceptors (Lipinski definition) is 5. The van der Waals surface area contributed by atoms with Gasteiger partial charge >= 0.3 is 0 Å². The van der Waals surface area contributed by atoms with Crippen LogP contribution in [0.2, 0.25) is 0 Å². The van der Waals surface area contributed by atoms with Gasteiger partial charge in [-0.1, -0.05) is 29.2 Å². The zero-order valence-corrected chi connectivity index (χ0v) is 13.3. The maximum absolute atomic E-state index is 13.5. The molecule has 0 spiro atoms. The first-order valence-corrected chi connectivity index (χ1v) is 8.02. The third kappa shape index (κ3) is 3.90. The summed E-state index contributed by atoms with van der Waals surface area (Å²) in [6, 6.07) is 0. The Morgan fingerprint density at radius 3 is 2.25 bits per heavy atom. The van der Waals surface area contributed by atoms with E-state index >= 15 is 0 Å². The number of thioether (sulfide) groups is 1. The molecule has 24 heavy (non-hydrogen) atoms. The van der Waals surface area contributed by atoms with E-state index in [0.717, 1.165) is 11.3 Å². The van der Waals surface area contributed by atoms with Crippen LogP contribution in [0.15, 0.2) is 17.0 Å². The van der Waals surface area contributed by atoms with E-state index in [9.17, 15) is 26.7 Å². The second kappa shape index (κ2) is 7.71. The van der Waals surface area contributed by atoms with Crippen LogP contribution in [0.3, 0.4) is 0 Å². The van der Waals surface area contributed by atoms with Gasteiger partial charge in [-0.05, 0) is 0 Å². The molecule has 1 heterocycles. The first-order chi connectivity index (χ1) is 11.3. The van der Waals surface area contributed by atoms with Crippen LogP contribution >= 0.6 is 23.1 Å². The van der Waals surface area contributed by atoms with Crippen LogP contribution in [0.5, 0.6) is 0 Å². The molecule has 0 unspecified atom stereocenters. The second-order valence-corrected chi connectivity index (χ2v) is 6.49. The molecule has 0 radical (unpaired) electrons. The zero-order valence-electron chi connectivity index (χ0n) is 11.7. The summed E-state index contributed by atoms with van der Waals surface area (Å²) in [5.74, 6) is -11.0. The number of carbonyl (C=O) groups is 1. The molecule has 1 amide bonds. The fourth-order valence-corrected chi connectivity index (χ4v) is 3.11. The van der Waals surface area contributed by atoms with E-state index in [1.54, 1.807) is 6.08 Å². The van der Waals surface area contributed by atoms with Gasteiger partial charge in [0.25, 0.3) is 0 Å². The Bertz CT molecular complexity index is 767. The van der Waals surface area contributed by atoms with Crippen molar-refractivity contribution in [2.75, 3.05) is 11.1 Å². The summed E-state index contributed by atoms with van der Waals surface area (Å²) < 4.78 is 66.6. The van der Waals surface area contributed by atoms with Crippen LogP contribution in [0.1, 0.15) is 5.56 Å². The van der Waals surface area contributed by atoms with Crippen LogP contribution < -0.4 is 5.32 Å². The summed E-state index contributed by atoms with van der Waals surface area (Å²) >= 11 is 2.29. The lowest BCUT2D eigenvalue weighted by atomic mass is 10.1. The monoisotopic (exact) mass is 381 g/mol. The normalized spacial score (nSPS) is 10.7. The maximum Gasteiger partial charge on any atom is 0.230 e. The van der Waals surface area contributed by atoms with Crippen LogP contribution in [0, 0.1) is 29.1 Å². The van der Waals surface area contributed by atoms with Gasteiger partial charge in [-0.3, -0.25) is 4.79 Å². The molecule has 11 heteroatoms. The van der Waals surface area contributed by atoms with E-state index in [1.165, 1.54) is 11.8 Å². The summed E-state index contributed by atoms with van der Waals surface area (Å²) in [5, 5.41) is 9.60. The van der Waals surface area contributed by atoms with Gasteiger partial charge in [-0.15, -0.1) is 16.8 Å². The molecule has 1 aromatic carbocycles. The van der Waals surface area contributed by atoms with Crippen molar-refractivity contribution < 1.29 is 26.7 Å². The number of nitrogens with one attached hydrogen (secondary N) is 1. The molecule has 4 nitrogen and oxygen atoms in total. The third-order valence-corrected chi connectivity index (χ3v) is 4.58. The summed E-state index contributed by atoms with van der Waals surface area (Å²) in [7, 11) is 0. The third-order valence-electron chi connectivity index (χ3n) is 2.62. The van der Waals surface area contributed by atoms with Crippen molar-refractivity contribution in [2.24, 2.45) is 0 Å². The Kier molecular flexibility index (Phi) is 5.89. The maximum atomic E-state index is 13.5. The van der Waals surface area contributed by atoms with E-state index < -0.39 is 47.0 Å². The lowest BCUT2D eigenvalue weighted by molar-refractivity contribution is -0.115. The quantitative estimate of drug-likeness (QED) is 0.207. The summed E-state index contributed by atoms with van der Waals surface area (Å²) in [6.45, 7) is 3.52. The number of amides is 1. The van der Waals surface area contributed by atoms with Gasteiger partial charge in [0.05, 0.1) is 6.42 Å². The lowest BCUT2D eigenvalue weighted by Crippen LogP contribution is -2.18. The van der Waals surface area contributed by atoms with Crippen molar-refractivity contribution in [1.29, 1.82) is 0 Å². The van der Waals surface area contributed by atoms with Crippen molar-refractivity contribution >= 4 is 34.1 Å². The molecular formula is C13H8F5N3OS2. The molecule has 0 atom stereocenters. The Morgan fingerprint density at radius 1 is 1.08 bits per heavy atom. The molecule has 1 N–H and O–H groups in total. The average molecular weight is 381 g/mol. The number of hydrogen-bond donors (Lipinski definition) is 1. The minimum absolute atomic E-state index is 0.0374. The van der Waals surface area contributed by atoms with Gasteiger partial charge in [0.2, 0.25) is 16.9 Å². The minimum atomic E-state index is -2.28. The molecule has 128 valence electrons. The van der Waals surface area contributed by atoms with Gasteiger partial charge in [0, 0.05) is 11.3 Å². The van der Waals surface area contributed by atoms with Crippen LogP contribution in [0.4, 0.5) is 27.1 Å². The number of anilines is 1. The molecule has 0 aliphatic carbocycles. The van der Waals surface area contributed by atoms with E-state index in [1.807, 2.05) is 0 Å². The Morgan fingerprint density at radius 2 is 1.67 bits per heavy atom. The van der Waals surface area contributed by atoms with E-state index in [2.05, 4.69) is 22.1 Å². The highest BCUT2D eigenvalue weighted by atomic mass is 32.2. The van der Waals surface area contributed by atoms with Gasteiger partial charge in [0.1, 0.15) is 0 Å². The number of carbonyl (C=O) groups excluding carboxylic acids is 1. The van der Waals surface area contributed by atoms with Crippen molar-refractivity contribution in [3.8, 4) is 0 Å². The first-order valence-electron chi connectivity index (χ1n) is 6.22. The molecule has 0 saturated carbocycles. The van der Waals surface area contributed by atoms with E-state index in [-0.39, 0.29) is 5.13 Å². The van der Waals surface area contributed by atoms with Crippen LogP contribution in [0.25, 0.3) is 0 Å². The van der Waals surface area contributed by atoms with E-state index in [4.69, 9.17) is 0 Å². The molecule has 0 aliphatic rings. The van der Waals surface area contributed by atoms with Gasteiger partial charge in [-0.2, -0.15) is 0 Å². The van der Waals surface area contributed by atoms with E-state index in [0.29, 0.717) is 10.1 Å². The van der Waals surface area contributed by atoms with Crippen molar-refractivity contribution in [1.82, 2.24) is 10.2 Å². The summed E-state index contributed by atoms with van der Waals surface area (Å²) in [6.07, 6.45) is 0.591. The summed E-state index contributed by atoms with van der Waals surface area (Å²) in [4.78, 5) is 11.7. The predicted octanol–water partition coefficient (Wildman–Crippen LogP) is 3.69.